The smallest absolute Gasteiger partial charge is 0.409 e. The van der Waals surface area contributed by atoms with Crippen LogP contribution in [0.4, 0.5) is 14.9 Å². The third-order valence-corrected chi connectivity index (χ3v) is 5.42. The van der Waals surface area contributed by atoms with Gasteiger partial charge in [-0.15, -0.1) is 0 Å². The van der Waals surface area contributed by atoms with Crippen LogP contribution in [0.2, 0.25) is 0 Å². The first-order chi connectivity index (χ1) is 13.9. The van der Waals surface area contributed by atoms with Crippen LogP contribution in [-0.4, -0.2) is 59.4 Å². The number of amides is 1. The monoisotopic (exact) mass is 403 g/mol. The van der Waals surface area contributed by atoms with E-state index in [0.29, 0.717) is 44.0 Å². The summed E-state index contributed by atoms with van der Waals surface area (Å²) in [5.41, 5.74) is -0.147. The molecule has 1 saturated carbocycles. The molecule has 1 saturated heterocycles. The normalized spacial score (nSPS) is 16.9. The van der Waals surface area contributed by atoms with E-state index < -0.39 is 17.2 Å². The van der Waals surface area contributed by atoms with Crippen molar-refractivity contribution >= 4 is 28.7 Å². The maximum Gasteiger partial charge on any atom is 0.409 e. The second-order valence-corrected chi connectivity index (χ2v) is 7.31. The van der Waals surface area contributed by atoms with Crippen molar-refractivity contribution in [3.05, 3.63) is 39.9 Å². The van der Waals surface area contributed by atoms with Gasteiger partial charge in [-0.25, -0.2) is 14.0 Å². The summed E-state index contributed by atoms with van der Waals surface area (Å²) in [6.07, 6.45) is 2.77. The molecule has 8 nitrogen and oxygen atoms in total. The lowest BCUT2D eigenvalue weighted by Gasteiger charge is -2.35. The molecule has 4 rings (SSSR count). The fourth-order valence-electron chi connectivity index (χ4n) is 3.75. The minimum Gasteiger partial charge on any atom is -0.477 e. The highest BCUT2D eigenvalue weighted by atomic mass is 19.1. The van der Waals surface area contributed by atoms with Gasteiger partial charge in [0.25, 0.3) is 0 Å². The Morgan fingerprint density at radius 1 is 1.21 bits per heavy atom. The second kappa shape index (κ2) is 7.38. The van der Waals surface area contributed by atoms with Gasteiger partial charge in [0.05, 0.1) is 17.8 Å². The van der Waals surface area contributed by atoms with Crippen LogP contribution < -0.4 is 10.3 Å². The van der Waals surface area contributed by atoms with Crippen LogP contribution in [0.25, 0.3) is 10.9 Å². The van der Waals surface area contributed by atoms with Gasteiger partial charge in [-0.05, 0) is 31.9 Å². The molecule has 0 radical (unpaired) electrons. The molecule has 1 aliphatic heterocycles. The first-order valence-corrected chi connectivity index (χ1v) is 9.69. The minimum atomic E-state index is -1.31. The van der Waals surface area contributed by atoms with E-state index in [1.165, 1.54) is 6.20 Å². The fourth-order valence-corrected chi connectivity index (χ4v) is 3.75. The van der Waals surface area contributed by atoms with Crippen molar-refractivity contribution in [3.8, 4) is 0 Å². The molecule has 1 aromatic carbocycles. The number of pyridine rings is 1. The zero-order valence-corrected chi connectivity index (χ0v) is 16.1. The topological polar surface area (TPSA) is 92.1 Å². The molecule has 29 heavy (non-hydrogen) atoms. The number of rotatable bonds is 4. The number of halogens is 1. The SMILES string of the molecule is CCOC(=O)N1CCN(c2cc3c(cc2F)c(=O)c(C(=O)O)cn3C2CC2)CC1. The number of nitrogens with zero attached hydrogens (tertiary/aromatic N) is 3. The molecule has 1 N–H and O–H groups in total. The van der Waals surface area contributed by atoms with E-state index in [-0.39, 0.29) is 23.1 Å². The molecule has 2 aliphatic rings. The molecule has 1 amide bonds. The quantitative estimate of drug-likeness (QED) is 0.843. The predicted molar refractivity (Wildman–Crippen MR) is 104 cm³/mol. The van der Waals surface area contributed by atoms with Gasteiger partial charge in [0, 0.05) is 43.8 Å². The summed E-state index contributed by atoms with van der Waals surface area (Å²) in [6.45, 7) is 3.72. The largest absolute Gasteiger partial charge is 0.477 e. The number of aromatic nitrogens is 1. The standard InChI is InChI=1S/C20H22FN3O5/c1-2-29-20(28)23-7-5-22(6-8-23)17-10-16-13(9-15(17)21)18(25)14(19(26)27)11-24(16)12-3-4-12/h9-12H,2-8H2,1H3,(H,26,27). The molecule has 2 heterocycles. The zero-order valence-electron chi connectivity index (χ0n) is 16.1. The molecular weight excluding hydrogens is 381 g/mol. The van der Waals surface area contributed by atoms with E-state index in [9.17, 15) is 23.9 Å². The Balaban J connectivity index is 1.70. The third-order valence-electron chi connectivity index (χ3n) is 5.42. The minimum absolute atomic E-state index is 0.0724. The summed E-state index contributed by atoms with van der Waals surface area (Å²) >= 11 is 0. The Bertz CT molecular complexity index is 1040. The van der Waals surface area contributed by atoms with Crippen molar-refractivity contribution in [1.29, 1.82) is 0 Å². The van der Waals surface area contributed by atoms with Gasteiger partial charge in [0.2, 0.25) is 5.43 Å². The molecule has 1 aliphatic carbocycles. The van der Waals surface area contributed by atoms with Gasteiger partial charge in [-0.1, -0.05) is 0 Å². The third kappa shape index (κ3) is 3.52. The summed E-state index contributed by atoms with van der Waals surface area (Å²) < 4.78 is 21.7. The number of anilines is 1. The lowest BCUT2D eigenvalue weighted by atomic mass is 10.1. The van der Waals surface area contributed by atoms with Gasteiger partial charge in [0.1, 0.15) is 11.4 Å². The molecule has 0 unspecified atom stereocenters. The van der Waals surface area contributed by atoms with E-state index in [1.807, 2.05) is 4.90 Å². The van der Waals surface area contributed by atoms with E-state index in [1.54, 1.807) is 22.5 Å². The van der Waals surface area contributed by atoms with E-state index in [2.05, 4.69) is 0 Å². The molecular formula is C20H22FN3O5. The average Bonchev–Trinajstić information content (AvgIpc) is 3.53. The molecule has 2 fully saturated rings. The Hall–Kier alpha value is -3.10. The Kier molecular flexibility index (Phi) is 4.89. The molecule has 2 aromatic rings. The highest BCUT2D eigenvalue weighted by molar-refractivity contribution is 5.93. The zero-order chi connectivity index (χ0) is 20.7. The summed E-state index contributed by atoms with van der Waals surface area (Å²) in [7, 11) is 0. The molecule has 1 aromatic heterocycles. The van der Waals surface area contributed by atoms with Crippen LogP contribution in [-0.2, 0) is 4.74 Å². The van der Waals surface area contributed by atoms with Crippen LogP contribution in [0, 0.1) is 5.82 Å². The average molecular weight is 403 g/mol. The van der Waals surface area contributed by atoms with Gasteiger partial charge in [-0.3, -0.25) is 4.79 Å². The van der Waals surface area contributed by atoms with Crippen LogP contribution in [0.5, 0.6) is 0 Å². The number of benzene rings is 1. The van der Waals surface area contributed by atoms with Gasteiger partial charge < -0.3 is 24.2 Å². The Morgan fingerprint density at radius 2 is 1.90 bits per heavy atom. The fraction of sp³-hybridized carbons (Fsp3) is 0.450. The number of aromatic carboxylic acids is 1. The molecule has 0 spiro atoms. The lowest BCUT2D eigenvalue weighted by Crippen LogP contribution is -2.49. The lowest BCUT2D eigenvalue weighted by molar-refractivity contribution is 0.0694. The molecule has 0 bridgehead atoms. The number of piperazine rings is 1. The number of carboxylic acid groups (broad SMARTS) is 1. The molecule has 0 atom stereocenters. The van der Waals surface area contributed by atoms with E-state index >= 15 is 0 Å². The summed E-state index contributed by atoms with van der Waals surface area (Å²) in [5.74, 6) is -1.89. The summed E-state index contributed by atoms with van der Waals surface area (Å²) in [4.78, 5) is 39.3. The van der Waals surface area contributed by atoms with Crippen molar-refractivity contribution in [1.82, 2.24) is 9.47 Å². The van der Waals surface area contributed by atoms with Gasteiger partial charge in [0.15, 0.2) is 0 Å². The van der Waals surface area contributed by atoms with E-state index in [4.69, 9.17) is 4.74 Å². The Labute approximate surface area is 166 Å². The number of carbonyl (C=O) groups excluding carboxylic acids is 1. The number of carbonyl (C=O) groups is 2. The summed E-state index contributed by atoms with van der Waals surface area (Å²) in [5, 5.41) is 9.40. The van der Waals surface area contributed by atoms with Crippen LogP contribution in [0.1, 0.15) is 36.2 Å². The Morgan fingerprint density at radius 3 is 2.48 bits per heavy atom. The summed E-state index contributed by atoms with van der Waals surface area (Å²) in [6, 6.07) is 2.88. The number of fused-ring (bicyclic) bond motifs is 1. The van der Waals surface area contributed by atoms with Crippen LogP contribution >= 0.6 is 0 Å². The first-order valence-electron chi connectivity index (χ1n) is 9.69. The highest BCUT2D eigenvalue weighted by Crippen LogP contribution is 2.38. The van der Waals surface area contributed by atoms with Gasteiger partial charge >= 0.3 is 12.1 Å². The number of hydrogen-bond donors (Lipinski definition) is 1. The number of carboxylic acids is 1. The van der Waals surface area contributed by atoms with Crippen molar-refractivity contribution in [2.45, 2.75) is 25.8 Å². The van der Waals surface area contributed by atoms with E-state index in [0.717, 1.165) is 18.9 Å². The van der Waals surface area contributed by atoms with Crippen molar-refractivity contribution in [3.63, 3.8) is 0 Å². The second-order valence-electron chi connectivity index (χ2n) is 7.31. The number of ether oxygens (including phenoxy) is 1. The molecule has 9 heteroatoms. The van der Waals surface area contributed by atoms with Crippen LogP contribution in [0.3, 0.4) is 0 Å². The maximum absolute atomic E-state index is 14.9. The van der Waals surface area contributed by atoms with Crippen molar-refractivity contribution in [2.24, 2.45) is 0 Å². The van der Waals surface area contributed by atoms with Crippen molar-refractivity contribution in [2.75, 3.05) is 37.7 Å². The first kappa shape index (κ1) is 19.2. The predicted octanol–water partition coefficient (Wildman–Crippen LogP) is 2.45. The van der Waals surface area contributed by atoms with Gasteiger partial charge in [-0.2, -0.15) is 0 Å². The maximum atomic E-state index is 14.9. The van der Waals surface area contributed by atoms with Crippen LogP contribution in [0.15, 0.2) is 23.1 Å². The van der Waals surface area contributed by atoms with Crippen molar-refractivity contribution < 1.29 is 23.8 Å². The molecule has 154 valence electrons. The highest BCUT2D eigenvalue weighted by Gasteiger charge is 2.29. The number of hydrogen-bond acceptors (Lipinski definition) is 5.